The second-order valence-corrected chi connectivity index (χ2v) is 8.92. The number of rotatable bonds is 5. The number of nitrogens with one attached hydrogen (secondary N) is 2. The highest BCUT2D eigenvalue weighted by molar-refractivity contribution is 7.89. The molecule has 2 N–H and O–H groups in total. The second kappa shape index (κ2) is 7.64. The minimum Gasteiger partial charge on any atom is -0.273 e. The molecule has 140 valence electrons. The van der Waals surface area contributed by atoms with Crippen LogP contribution in [0.5, 0.6) is 0 Å². The van der Waals surface area contributed by atoms with Crippen molar-refractivity contribution in [3.05, 3.63) is 75.5 Å². The zero-order valence-corrected chi connectivity index (χ0v) is 16.9. The molecule has 1 aromatic heterocycles. The quantitative estimate of drug-likeness (QED) is 0.637. The Morgan fingerprint density at radius 3 is 2.30 bits per heavy atom. The molecule has 0 fully saturated rings. The minimum absolute atomic E-state index is 0.146. The van der Waals surface area contributed by atoms with Crippen LogP contribution in [0.1, 0.15) is 26.4 Å². The Balaban J connectivity index is 1.80. The summed E-state index contributed by atoms with van der Waals surface area (Å²) < 4.78 is 25.1. The molecule has 0 saturated carbocycles. The van der Waals surface area contributed by atoms with E-state index in [1.54, 1.807) is 19.1 Å². The Bertz CT molecular complexity index is 1080. The molecule has 27 heavy (non-hydrogen) atoms. The number of thiophene rings is 1. The molecule has 2 aromatic carbocycles. The van der Waals surface area contributed by atoms with E-state index in [1.165, 1.54) is 11.3 Å². The van der Waals surface area contributed by atoms with Gasteiger partial charge in [0, 0.05) is 5.56 Å². The van der Waals surface area contributed by atoms with Crippen LogP contribution < -0.4 is 10.3 Å². The number of hydrogen-bond acceptors (Lipinski definition) is 4. The molecule has 0 bridgehead atoms. The van der Waals surface area contributed by atoms with Gasteiger partial charge in [0.1, 0.15) is 4.88 Å². The van der Waals surface area contributed by atoms with Gasteiger partial charge in [0.15, 0.2) is 0 Å². The maximum Gasteiger partial charge on any atom is 0.276 e. The van der Waals surface area contributed by atoms with Crippen LogP contribution in [-0.4, -0.2) is 14.3 Å². The number of benzene rings is 2. The molecule has 0 saturated heterocycles. The topological polar surface area (TPSA) is 75.3 Å². The average molecular weight is 401 g/mol. The Morgan fingerprint density at radius 1 is 0.926 bits per heavy atom. The van der Waals surface area contributed by atoms with Gasteiger partial charge in [-0.2, -0.15) is 0 Å². The smallest absolute Gasteiger partial charge is 0.273 e. The SMILES string of the molecule is Cc1ccc(-c2ccsc2C(=O)NNS(=O)(=O)c2cc(C)ccc2C)cc1. The fourth-order valence-corrected chi connectivity index (χ4v) is 4.65. The van der Waals surface area contributed by atoms with Crippen molar-refractivity contribution in [2.24, 2.45) is 0 Å². The number of amides is 1. The predicted octanol–water partition coefficient (Wildman–Crippen LogP) is 3.96. The standard InChI is InChI=1S/C20H20N2O3S2/c1-13-5-8-16(9-6-13)17-10-11-26-19(17)20(23)21-22-27(24,25)18-12-14(2)4-7-15(18)3/h4-12,22H,1-3H3,(H,21,23). The summed E-state index contributed by atoms with van der Waals surface area (Å²) in [5, 5.41) is 1.81. The highest BCUT2D eigenvalue weighted by Gasteiger charge is 2.20. The van der Waals surface area contributed by atoms with Gasteiger partial charge in [0.2, 0.25) is 0 Å². The number of carbonyl (C=O) groups is 1. The average Bonchev–Trinajstić information content (AvgIpc) is 3.12. The molecular weight excluding hydrogens is 380 g/mol. The van der Waals surface area contributed by atoms with E-state index >= 15 is 0 Å². The van der Waals surface area contributed by atoms with E-state index in [2.05, 4.69) is 10.3 Å². The van der Waals surface area contributed by atoms with E-state index in [0.717, 1.165) is 22.3 Å². The van der Waals surface area contributed by atoms with Crippen LogP contribution in [0.15, 0.2) is 58.8 Å². The molecule has 0 radical (unpaired) electrons. The number of hydrogen-bond donors (Lipinski definition) is 2. The summed E-state index contributed by atoms with van der Waals surface area (Å²) in [6.07, 6.45) is 0. The molecule has 0 spiro atoms. The van der Waals surface area contributed by atoms with Crippen LogP contribution in [0.4, 0.5) is 0 Å². The van der Waals surface area contributed by atoms with Crippen LogP contribution in [-0.2, 0) is 10.0 Å². The summed E-state index contributed by atoms with van der Waals surface area (Å²) in [6, 6.07) is 14.8. The van der Waals surface area contributed by atoms with Crippen LogP contribution in [0.3, 0.4) is 0 Å². The lowest BCUT2D eigenvalue weighted by Crippen LogP contribution is -2.41. The van der Waals surface area contributed by atoms with Crippen molar-refractivity contribution in [3.63, 3.8) is 0 Å². The van der Waals surface area contributed by atoms with Crippen molar-refractivity contribution < 1.29 is 13.2 Å². The largest absolute Gasteiger partial charge is 0.276 e. The summed E-state index contributed by atoms with van der Waals surface area (Å²) in [5.41, 5.74) is 6.56. The molecular formula is C20H20N2O3S2. The molecule has 0 aliphatic carbocycles. The molecule has 1 amide bonds. The van der Waals surface area contributed by atoms with Crippen LogP contribution >= 0.6 is 11.3 Å². The Kier molecular flexibility index (Phi) is 5.46. The lowest BCUT2D eigenvalue weighted by atomic mass is 10.1. The third-order valence-electron chi connectivity index (χ3n) is 4.17. The summed E-state index contributed by atoms with van der Waals surface area (Å²) in [6.45, 7) is 5.52. The van der Waals surface area contributed by atoms with Crippen molar-refractivity contribution in [1.82, 2.24) is 10.3 Å². The van der Waals surface area contributed by atoms with Gasteiger partial charge in [-0.1, -0.05) is 42.0 Å². The van der Waals surface area contributed by atoms with Gasteiger partial charge in [-0.15, -0.1) is 16.2 Å². The van der Waals surface area contributed by atoms with Crippen molar-refractivity contribution in [3.8, 4) is 11.1 Å². The summed E-state index contributed by atoms with van der Waals surface area (Å²) in [4.78, 5) is 15.4. The van der Waals surface area contributed by atoms with E-state index < -0.39 is 15.9 Å². The zero-order chi connectivity index (χ0) is 19.6. The van der Waals surface area contributed by atoms with Crippen molar-refractivity contribution >= 4 is 27.3 Å². The normalized spacial score (nSPS) is 11.4. The van der Waals surface area contributed by atoms with Crippen molar-refractivity contribution in [2.75, 3.05) is 0 Å². The first-order valence-corrected chi connectivity index (χ1v) is 10.7. The summed E-state index contributed by atoms with van der Waals surface area (Å²) >= 11 is 1.26. The van der Waals surface area contributed by atoms with E-state index in [4.69, 9.17) is 0 Å². The number of carbonyl (C=O) groups excluding carboxylic acids is 1. The number of hydrazine groups is 1. The zero-order valence-electron chi connectivity index (χ0n) is 15.2. The van der Waals surface area contributed by atoms with Crippen molar-refractivity contribution in [2.45, 2.75) is 25.7 Å². The van der Waals surface area contributed by atoms with E-state index in [-0.39, 0.29) is 4.90 Å². The van der Waals surface area contributed by atoms with Gasteiger partial charge in [-0.25, -0.2) is 8.42 Å². The summed E-state index contributed by atoms with van der Waals surface area (Å²) in [5.74, 6) is -0.491. The Hall–Kier alpha value is -2.48. The highest BCUT2D eigenvalue weighted by Crippen LogP contribution is 2.28. The van der Waals surface area contributed by atoms with Crippen LogP contribution in [0.25, 0.3) is 11.1 Å². The molecule has 0 aliphatic rings. The molecule has 1 heterocycles. The number of sulfonamides is 1. The number of aryl methyl sites for hydroxylation is 3. The molecule has 5 nitrogen and oxygen atoms in total. The molecule has 3 rings (SSSR count). The van der Waals surface area contributed by atoms with Crippen LogP contribution in [0, 0.1) is 20.8 Å². The van der Waals surface area contributed by atoms with E-state index in [1.807, 2.05) is 55.6 Å². The van der Waals surface area contributed by atoms with Gasteiger partial charge < -0.3 is 0 Å². The lowest BCUT2D eigenvalue weighted by molar-refractivity contribution is 0.0950. The van der Waals surface area contributed by atoms with Gasteiger partial charge in [0.05, 0.1) is 4.90 Å². The fraction of sp³-hybridized carbons (Fsp3) is 0.150. The Labute approximate surface area is 163 Å². The highest BCUT2D eigenvalue weighted by atomic mass is 32.2. The third kappa shape index (κ3) is 4.27. The van der Waals surface area contributed by atoms with Crippen LogP contribution in [0.2, 0.25) is 0 Å². The monoisotopic (exact) mass is 400 g/mol. The third-order valence-corrected chi connectivity index (χ3v) is 6.47. The molecule has 0 aliphatic heterocycles. The molecule has 7 heteroatoms. The van der Waals surface area contributed by atoms with Crippen molar-refractivity contribution in [1.29, 1.82) is 0 Å². The first kappa shape index (κ1) is 19.3. The van der Waals surface area contributed by atoms with E-state index in [9.17, 15) is 13.2 Å². The van der Waals surface area contributed by atoms with Gasteiger partial charge in [0.25, 0.3) is 15.9 Å². The molecule has 0 atom stereocenters. The fourth-order valence-electron chi connectivity index (χ4n) is 2.67. The van der Waals surface area contributed by atoms with Gasteiger partial charge >= 0.3 is 0 Å². The molecule has 0 unspecified atom stereocenters. The maximum absolute atomic E-state index is 12.6. The predicted molar refractivity (Wildman–Crippen MR) is 108 cm³/mol. The Morgan fingerprint density at radius 2 is 1.59 bits per heavy atom. The van der Waals surface area contributed by atoms with Gasteiger partial charge in [-0.3, -0.25) is 10.2 Å². The molecule has 3 aromatic rings. The first-order valence-electron chi connectivity index (χ1n) is 8.32. The lowest BCUT2D eigenvalue weighted by Gasteiger charge is -2.11. The second-order valence-electron chi connectivity index (χ2n) is 6.36. The summed E-state index contributed by atoms with van der Waals surface area (Å²) in [7, 11) is -3.86. The van der Waals surface area contributed by atoms with Gasteiger partial charge in [-0.05, 0) is 55.0 Å². The van der Waals surface area contributed by atoms with E-state index in [0.29, 0.717) is 10.4 Å². The first-order chi connectivity index (χ1) is 12.8. The maximum atomic E-state index is 12.6. The minimum atomic E-state index is -3.86.